The summed E-state index contributed by atoms with van der Waals surface area (Å²) in [7, 11) is 0. The van der Waals surface area contributed by atoms with Crippen LogP contribution in [-0.4, -0.2) is 54.5 Å². The highest BCUT2D eigenvalue weighted by Crippen LogP contribution is 2.26. The van der Waals surface area contributed by atoms with Crippen LogP contribution in [0.3, 0.4) is 0 Å². The molecule has 2 heterocycles. The van der Waals surface area contributed by atoms with Gasteiger partial charge in [-0.2, -0.15) is 0 Å². The molecule has 3 amide bonds. The summed E-state index contributed by atoms with van der Waals surface area (Å²) < 4.78 is 10.6. The Balaban J connectivity index is 1.39. The van der Waals surface area contributed by atoms with Crippen LogP contribution in [0.4, 0.5) is 5.69 Å². The highest BCUT2D eigenvalue weighted by Gasteiger charge is 2.38. The fourth-order valence-electron chi connectivity index (χ4n) is 3.72. The van der Waals surface area contributed by atoms with Crippen LogP contribution in [0.2, 0.25) is 5.02 Å². The SMILES string of the molecule is Cc1c(Cl)cccc1NC(=O)COC(=O)c1ccc2c(c1)C(=O)N(C[C@@H]1CCCO1)C2=O. The molecule has 1 saturated heterocycles. The van der Waals surface area contributed by atoms with Gasteiger partial charge in [-0.1, -0.05) is 17.7 Å². The molecule has 1 fully saturated rings. The number of esters is 1. The van der Waals surface area contributed by atoms with Crippen LogP contribution in [0.5, 0.6) is 0 Å². The van der Waals surface area contributed by atoms with Crippen molar-refractivity contribution >= 4 is 41.0 Å². The van der Waals surface area contributed by atoms with E-state index in [0.717, 1.165) is 17.7 Å². The summed E-state index contributed by atoms with van der Waals surface area (Å²) in [6, 6.07) is 9.24. The maximum absolute atomic E-state index is 12.7. The Kier molecular flexibility index (Phi) is 6.25. The first-order chi connectivity index (χ1) is 15.3. The minimum atomic E-state index is -0.774. The molecule has 8 nitrogen and oxygen atoms in total. The second-order valence-corrected chi connectivity index (χ2v) is 8.06. The van der Waals surface area contributed by atoms with Gasteiger partial charge in [0.2, 0.25) is 0 Å². The molecule has 166 valence electrons. The van der Waals surface area contributed by atoms with Crippen LogP contribution in [0.25, 0.3) is 0 Å². The molecule has 0 saturated carbocycles. The number of nitrogens with one attached hydrogen (secondary N) is 1. The summed E-state index contributed by atoms with van der Waals surface area (Å²) in [4.78, 5) is 51.0. The Morgan fingerprint density at radius 2 is 1.97 bits per heavy atom. The number of fused-ring (bicyclic) bond motifs is 1. The molecular formula is C23H21ClN2O6. The first-order valence-electron chi connectivity index (χ1n) is 10.2. The standard InChI is InChI=1S/C23H21ClN2O6/c1-13-18(24)5-2-6-19(13)25-20(27)12-32-23(30)14-7-8-16-17(10-14)22(29)26(21(16)28)11-15-4-3-9-31-15/h2,5-8,10,15H,3-4,9,11-12H2,1H3,(H,25,27)/t15-/m0/s1. The molecule has 32 heavy (non-hydrogen) atoms. The average Bonchev–Trinajstić information content (AvgIpc) is 3.38. The van der Waals surface area contributed by atoms with Crippen LogP contribution in [0.15, 0.2) is 36.4 Å². The Bertz CT molecular complexity index is 1110. The van der Waals surface area contributed by atoms with Crippen molar-refractivity contribution in [2.75, 3.05) is 25.1 Å². The number of benzene rings is 2. The van der Waals surface area contributed by atoms with Crippen molar-refractivity contribution in [1.29, 1.82) is 0 Å². The molecule has 0 aromatic heterocycles. The number of imide groups is 1. The summed E-state index contributed by atoms with van der Waals surface area (Å²) in [5.41, 5.74) is 1.67. The zero-order valence-corrected chi connectivity index (χ0v) is 18.1. The molecule has 1 N–H and O–H groups in total. The third kappa shape index (κ3) is 4.37. The molecule has 1 atom stereocenters. The quantitative estimate of drug-likeness (QED) is 0.529. The number of halogens is 1. The summed E-state index contributed by atoms with van der Waals surface area (Å²) >= 11 is 6.03. The van der Waals surface area contributed by atoms with Crippen molar-refractivity contribution in [3.05, 3.63) is 63.7 Å². The minimum Gasteiger partial charge on any atom is -0.452 e. The molecule has 2 aromatic carbocycles. The van der Waals surface area contributed by atoms with Gasteiger partial charge in [-0.25, -0.2) is 4.79 Å². The molecular weight excluding hydrogens is 436 g/mol. The van der Waals surface area contributed by atoms with Crippen LogP contribution in [0, 0.1) is 6.92 Å². The van der Waals surface area contributed by atoms with Crippen LogP contribution < -0.4 is 5.32 Å². The molecule has 4 rings (SSSR count). The Morgan fingerprint density at radius 1 is 1.19 bits per heavy atom. The fraction of sp³-hybridized carbons (Fsp3) is 0.304. The topological polar surface area (TPSA) is 102 Å². The zero-order chi connectivity index (χ0) is 22.8. The third-order valence-electron chi connectivity index (χ3n) is 5.49. The summed E-state index contributed by atoms with van der Waals surface area (Å²) in [6.45, 7) is 2.05. The van der Waals surface area contributed by atoms with E-state index >= 15 is 0 Å². The van der Waals surface area contributed by atoms with Crippen LogP contribution in [0.1, 0.15) is 49.5 Å². The van der Waals surface area contributed by atoms with Gasteiger partial charge in [0, 0.05) is 17.3 Å². The highest BCUT2D eigenvalue weighted by atomic mass is 35.5. The molecule has 0 unspecified atom stereocenters. The number of hydrogen-bond acceptors (Lipinski definition) is 6. The van der Waals surface area contributed by atoms with Crippen molar-refractivity contribution in [2.45, 2.75) is 25.9 Å². The van der Waals surface area contributed by atoms with E-state index in [-0.39, 0.29) is 29.3 Å². The Morgan fingerprint density at radius 3 is 2.72 bits per heavy atom. The van der Waals surface area contributed by atoms with Gasteiger partial charge >= 0.3 is 5.97 Å². The Labute approximate surface area is 189 Å². The number of anilines is 1. The molecule has 0 aliphatic carbocycles. The van der Waals surface area contributed by atoms with Crippen molar-refractivity contribution in [3.63, 3.8) is 0 Å². The fourth-order valence-corrected chi connectivity index (χ4v) is 3.89. The van der Waals surface area contributed by atoms with E-state index in [0.29, 0.717) is 22.9 Å². The molecule has 2 aliphatic rings. The van der Waals surface area contributed by atoms with Gasteiger partial charge in [-0.05, 0) is 55.7 Å². The second kappa shape index (κ2) is 9.10. The predicted molar refractivity (Wildman–Crippen MR) is 116 cm³/mol. The zero-order valence-electron chi connectivity index (χ0n) is 17.4. The second-order valence-electron chi connectivity index (χ2n) is 7.65. The molecule has 0 spiro atoms. The minimum absolute atomic E-state index is 0.0793. The van der Waals surface area contributed by atoms with Crippen molar-refractivity contribution in [1.82, 2.24) is 4.90 Å². The number of ether oxygens (including phenoxy) is 2. The first-order valence-corrected chi connectivity index (χ1v) is 10.6. The first kappa shape index (κ1) is 22.0. The van der Waals surface area contributed by atoms with Gasteiger partial charge in [-0.3, -0.25) is 19.3 Å². The third-order valence-corrected chi connectivity index (χ3v) is 5.90. The van der Waals surface area contributed by atoms with E-state index in [9.17, 15) is 19.2 Å². The van der Waals surface area contributed by atoms with E-state index in [2.05, 4.69) is 5.32 Å². The molecule has 9 heteroatoms. The van der Waals surface area contributed by atoms with E-state index < -0.39 is 30.3 Å². The number of rotatable bonds is 6. The van der Waals surface area contributed by atoms with Gasteiger partial charge in [0.25, 0.3) is 17.7 Å². The summed E-state index contributed by atoms with van der Waals surface area (Å²) in [5, 5.41) is 3.14. The van der Waals surface area contributed by atoms with E-state index in [1.165, 1.54) is 18.2 Å². The van der Waals surface area contributed by atoms with E-state index in [1.54, 1.807) is 25.1 Å². The lowest BCUT2D eigenvalue weighted by Gasteiger charge is -2.17. The lowest BCUT2D eigenvalue weighted by molar-refractivity contribution is -0.119. The smallest absolute Gasteiger partial charge is 0.338 e. The van der Waals surface area contributed by atoms with Crippen molar-refractivity contribution in [3.8, 4) is 0 Å². The lowest BCUT2D eigenvalue weighted by atomic mass is 10.1. The molecule has 0 bridgehead atoms. The highest BCUT2D eigenvalue weighted by molar-refractivity contribution is 6.31. The normalized spacial score (nSPS) is 17.4. The van der Waals surface area contributed by atoms with Gasteiger partial charge in [0.15, 0.2) is 6.61 Å². The van der Waals surface area contributed by atoms with E-state index in [4.69, 9.17) is 21.1 Å². The number of carbonyl (C=O) groups is 4. The molecule has 2 aliphatic heterocycles. The summed E-state index contributed by atoms with van der Waals surface area (Å²) in [5.74, 6) is -2.18. The average molecular weight is 457 g/mol. The molecule has 2 aromatic rings. The van der Waals surface area contributed by atoms with Gasteiger partial charge in [-0.15, -0.1) is 0 Å². The van der Waals surface area contributed by atoms with E-state index in [1.807, 2.05) is 0 Å². The van der Waals surface area contributed by atoms with Gasteiger partial charge < -0.3 is 14.8 Å². The maximum atomic E-state index is 12.7. The van der Waals surface area contributed by atoms with Crippen LogP contribution >= 0.6 is 11.6 Å². The van der Waals surface area contributed by atoms with Crippen LogP contribution in [-0.2, 0) is 14.3 Å². The number of carbonyl (C=O) groups excluding carboxylic acids is 4. The largest absolute Gasteiger partial charge is 0.452 e. The van der Waals surface area contributed by atoms with Gasteiger partial charge in [0.1, 0.15) is 0 Å². The predicted octanol–water partition coefficient (Wildman–Crippen LogP) is 3.22. The van der Waals surface area contributed by atoms with Crippen molar-refractivity contribution < 1.29 is 28.7 Å². The van der Waals surface area contributed by atoms with Crippen molar-refractivity contribution in [2.24, 2.45) is 0 Å². The monoisotopic (exact) mass is 456 g/mol. The molecule has 0 radical (unpaired) electrons. The number of nitrogens with zero attached hydrogens (tertiary/aromatic N) is 1. The Hall–Kier alpha value is -3.23. The lowest BCUT2D eigenvalue weighted by Crippen LogP contribution is -2.36. The number of hydrogen-bond donors (Lipinski definition) is 1. The number of amides is 3. The summed E-state index contributed by atoms with van der Waals surface area (Å²) in [6.07, 6.45) is 1.53. The maximum Gasteiger partial charge on any atom is 0.338 e. The van der Waals surface area contributed by atoms with Gasteiger partial charge in [0.05, 0.1) is 29.3 Å².